The highest BCUT2D eigenvalue weighted by atomic mass is 16.5. The van der Waals surface area contributed by atoms with Crippen LogP contribution in [-0.4, -0.2) is 54.2 Å². The highest BCUT2D eigenvalue weighted by Gasteiger charge is 2.50. The molecule has 0 aromatic heterocycles. The van der Waals surface area contributed by atoms with E-state index in [-0.39, 0.29) is 38.1 Å². The number of carboxylic acids is 1. The van der Waals surface area contributed by atoms with Gasteiger partial charge in [0, 0.05) is 19.0 Å². The molecule has 1 aliphatic carbocycles. The number of alkyl carbamates (subject to hydrolysis) is 1. The number of allylic oxidation sites excluding steroid dienone is 1. The number of carboxylic acid groups (broad SMARTS) is 1. The molecule has 1 heterocycles. The zero-order valence-corrected chi connectivity index (χ0v) is 17.0. The molecule has 0 unspecified atom stereocenters. The first-order valence-corrected chi connectivity index (χ1v) is 10.2. The van der Waals surface area contributed by atoms with Crippen LogP contribution in [0.15, 0.2) is 61.2 Å². The number of amides is 2. The topological polar surface area (TPSA) is 95.9 Å². The van der Waals surface area contributed by atoms with Crippen LogP contribution in [0.2, 0.25) is 0 Å². The maximum absolute atomic E-state index is 12.3. The summed E-state index contributed by atoms with van der Waals surface area (Å²) in [6, 6.07) is 16.1. The summed E-state index contributed by atoms with van der Waals surface area (Å²) in [7, 11) is 0. The summed E-state index contributed by atoms with van der Waals surface area (Å²) in [6.07, 6.45) is 1.17. The van der Waals surface area contributed by atoms with E-state index in [9.17, 15) is 19.5 Å². The van der Waals surface area contributed by atoms with Gasteiger partial charge in [-0.2, -0.15) is 0 Å². The van der Waals surface area contributed by atoms with Gasteiger partial charge in [-0.15, -0.1) is 6.58 Å². The molecule has 31 heavy (non-hydrogen) atoms. The number of carbonyl (C=O) groups is 3. The molecule has 2 aromatic rings. The molecule has 2 aliphatic rings. The van der Waals surface area contributed by atoms with Crippen molar-refractivity contribution in [3.8, 4) is 11.1 Å². The second-order valence-corrected chi connectivity index (χ2v) is 8.01. The maximum atomic E-state index is 12.3. The lowest BCUT2D eigenvalue weighted by Crippen LogP contribution is -2.63. The summed E-state index contributed by atoms with van der Waals surface area (Å²) in [4.78, 5) is 37.3. The molecule has 2 aromatic carbocycles. The molecule has 160 valence electrons. The van der Waals surface area contributed by atoms with Crippen molar-refractivity contribution >= 4 is 18.0 Å². The molecule has 2 amide bonds. The smallest absolute Gasteiger partial charge is 0.407 e. The zero-order chi connectivity index (χ0) is 22.0. The maximum Gasteiger partial charge on any atom is 0.407 e. The zero-order valence-electron chi connectivity index (χ0n) is 17.0. The monoisotopic (exact) mass is 420 g/mol. The van der Waals surface area contributed by atoms with E-state index in [1.807, 2.05) is 36.4 Å². The minimum absolute atomic E-state index is 0.0562. The van der Waals surface area contributed by atoms with Crippen LogP contribution in [0.5, 0.6) is 0 Å². The summed E-state index contributed by atoms with van der Waals surface area (Å²) in [5.41, 5.74) is 3.53. The Labute approximate surface area is 180 Å². The molecule has 7 heteroatoms. The molecule has 2 N–H and O–H groups in total. The van der Waals surface area contributed by atoms with Crippen molar-refractivity contribution in [3.05, 3.63) is 72.3 Å². The van der Waals surface area contributed by atoms with Crippen LogP contribution in [-0.2, 0) is 14.3 Å². The number of nitrogens with one attached hydrogen (secondary N) is 1. The summed E-state index contributed by atoms with van der Waals surface area (Å²) < 4.78 is 5.41. The molecule has 0 spiro atoms. The van der Waals surface area contributed by atoms with Crippen molar-refractivity contribution < 1.29 is 24.2 Å². The van der Waals surface area contributed by atoms with Gasteiger partial charge >= 0.3 is 12.1 Å². The summed E-state index contributed by atoms with van der Waals surface area (Å²) in [5.74, 6) is -1.34. The number of aliphatic carboxylic acids is 1. The van der Waals surface area contributed by atoms with Crippen LogP contribution in [0.3, 0.4) is 0 Å². The Morgan fingerprint density at radius 2 is 1.68 bits per heavy atom. The van der Waals surface area contributed by atoms with Crippen molar-refractivity contribution in [1.82, 2.24) is 10.2 Å². The third-order valence-electron chi connectivity index (χ3n) is 6.06. The normalized spacial score (nSPS) is 15.9. The molecule has 1 fully saturated rings. The third-order valence-corrected chi connectivity index (χ3v) is 6.06. The number of nitrogens with zero attached hydrogens (tertiary/aromatic N) is 1. The Kier molecular flexibility index (Phi) is 5.50. The Hall–Kier alpha value is -3.61. The van der Waals surface area contributed by atoms with Crippen molar-refractivity contribution in [2.75, 3.05) is 26.2 Å². The second-order valence-electron chi connectivity index (χ2n) is 8.01. The lowest BCUT2D eigenvalue weighted by atomic mass is 9.77. The first kappa shape index (κ1) is 20.7. The Morgan fingerprint density at radius 3 is 2.23 bits per heavy atom. The van der Waals surface area contributed by atoms with E-state index in [1.54, 1.807) is 6.08 Å². The van der Waals surface area contributed by atoms with Gasteiger partial charge in [0.1, 0.15) is 18.6 Å². The quantitative estimate of drug-likeness (QED) is 0.672. The van der Waals surface area contributed by atoms with Gasteiger partial charge in [-0.25, -0.2) is 4.79 Å². The first-order valence-electron chi connectivity index (χ1n) is 10.2. The largest absolute Gasteiger partial charge is 0.481 e. The Morgan fingerprint density at radius 1 is 1.10 bits per heavy atom. The standard InChI is InChI=1S/C24H24N2O5/c1-2-11-24(22(28)29)14-26(15-24)21(27)12-25-23(30)31-13-20-18-9-5-3-7-16(18)17-8-4-6-10-19(17)20/h2-10,20H,1,11-15H2,(H,25,30)(H,28,29). The first-order chi connectivity index (χ1) is 14.9. The van der Waals surface area contributed by atoms with Gasteiger partial charge in [-0.1, -0.05) is 54.6 Å². The molecular formula is C24H24N2O5. The van der Waals surface area contributed by atoms with E-state index in [0.717, 1.165) is 22.3 Å². The number of benzene rings is 2. The number of likely N-dealkylation sites (tertiary alicyclic amines) is 1. The molecule has 0 radical (unpaired) electrons. The van der Waals surface area contributed by atoms with Gasteiger partial charge in [0.25, 0.3) is 0 Å². The molecule has 0 bridgehead atoms. The number of hydrogen-bond acceptors (Lipinski definition) is 4. The van der Waals surface area contributed by atoms with Gasteiger partial charge in [0.2, 0.25) is 5.91 Å². The van der Waals surface area contributed by atoms with E-state index in [4.69, 9.17) is 4.74 Å². The summed E-state index contributed by atoms with van der Waals surface area (Å²) in [5, 5.41) is 11.8. The fourth-order valence-electron chi connectivity index (χ4n) is 4.40. The summed E-state index contributed by atoms with van der Waals surface area (Å²) in [6.45, 7) is 3.73. The van der Waals surface area contributed by atoms with Crippen LogP contribution in [0.25, 0.3) is 11.1 Å². The molecule has 7 nitrogen and oxygen atoms in total. The minimum Gasteiger partial charge on any atom is -0.481 e. The predicted octanol–water partition coefficient (Wildman–Crippen LogP) is 3.01. The van der Waals surface area contributed by atoms with E-state index < -0.39 is 17.5 Å². The van der Waals surface area contributed by atoms with Crippen LogP contribution in [0.4, 0.5) is 4.79 Å². The van der Waals surface area contributed by atoms with Crippen LogP contribution in [0.1, 0.15) is 23.5 Å². The van der Waals surface area contributed by atoms with Crippen molar-refractivity contribution in [2.45, 2.75) is 12.3 Å². The molecule has 1 aliphatic heterocycles. The molecule has 0 saturated carbocycles. The molecule has 0 atom stereocenters. The fraction of sp³-hybridized carbons (Fsp3) is 0.292. The van der Waals surface area contributed by atoms with Gasteiger partial charge in [-0.05, 0) is 28.7 Å². The average Bonchev–Trinajstić information content (AvgIpc) is 3.06. The SMILES string of the molecule is C=CCC1(C(=O)O)CN(C(=O)CNC(=O)OCC2c3ccccc3-c3ccccc32)C1. The van der Waals surface area contributed by atoms with Gasteiger partial charge in [-0.3, -0.25) is 9.59 Å². The lowest BCUT2D eigenvalue weighted by molar-refractivity contribution is -0.165. The number of ether oxygens (including phenoxy) is 1. The van der Waals surface area contributed by atoms with E-state index in [1.165, 1.54) is 4.90 Å². The highest BCUT2D eigenvalue weighted by molar-refractivity contribution is 5.86. The predicted molar refractivity (Wildman–Crippen MR) is 115 cm³/mol. The van der Waals surface area contributed by atoms with E-state index in [0.29, 0.717) is 6.42 Å². The van der Waals surface area contributed by atoms with Gasteiger partial charge in [0.15, 0.2) is 0 Å². The van der Waals surface area contributed by atoms with Crippen LogP contribution < -0.4 is 5.32 Å². The Balaban J connectivity index is 1.29. The second kappa shape index (κ2) is 8.26. The fourth-order valence-corrected chi connectivity index (χ4v) is 4.40. The van der Waals surface area contributed by atoms with Crippen molar-refractivity contribution in [3.63, 3.8) is 0 Å². The van der Waals surface area contributed by atoms with Crippen LogP contribution >= 0.6 is 0 Å². The number of carbonyl (C=O) groups excluding carboxylic acids is 2. The van der Waals surface area contributed by atoms with E-state index >= 15 is 0 Å². The highest BCUT2D eigenvalue weighted by Crippen LogP contribution is 2.44. The average molecular weight is 420 g/mol. The molecule has 1 saturated heterocycles. The van der Waals surface area contributed by atoms with Crippen LogP contribution in [0, 0.1) is 5.41 Å². The molecule has 4 rings (SSSR count). The minimum atomic E-state index is -0.971. The lowest BCUT2D eigenvalue weighted by Gasteiger charge is -2.46. The number of hydrogen-bond donors (Lipinski definition) is 2. The summed E-state index contributed by atoms with van der Waals surface area (Å²) >= 11 is 0. The number of fused-ring (bicyclic) bond motifs is 3. The van der Waals surface area contributed by atoms with E-state index in [2.05, 4.69) is 24.0 Å². The number of rotatable bonds is 7. The van der Waals surface area contributed by atoms with Crippen molar-refractivity contribution in [1.29, 1.82) is 0 Å². The van der Waals surface area contributed by atoms with Gasteiger partial charge < -0.3 is 20.1 Å². The van der Waals surface area contributed by atoms with Crippen molar-refractivity contribution in [2.24, 2.45) is 5.41 Å². The third kappa shape index (κ3) is 3.79. The van der Waals surface area contributed by atoms with Gasteiger partial charge in [0.05, 0.1) is 0 Å². The Bertz CT molecular complexity index is 996. The molecular weight excluding hydrogens is 396 g/mol.